The molecule has 1 spiro atoms. The smallest absolute Gasteiger partial charge is 0.246 e. The van der Waals surface area contributed by atoms with Crippen molar-refractivity contribution < 1.29 is 23.9 Å². The second-order valence-electron chi connectivity index (χ2n) is 11.6. The summed E-state index contributed by atoms with van der Waals surface area (Å²) in [5, 5.41) is 6.00. The van der Waals surface area contributed by atoms with Crippen LogP contribution in [0.3, 0.4) is 0 Å². The average Bonchev–Trinajstić information content (AvgIpc) is 3.43. The maximum atomic E-state index is 14.1. The van der Waals surface area contributed by atoms with Gasteiger partial charge in [-0.05, 0) is 63.9 Å². The molecule has 2 N–H and O–H groups in total. The van der Waals surface area contributed by atoms with Crippen LogP contribution in [0.4, 0.5) is 5.69 Å². The van der Waals surface area contributed by atoms with Crippen LogP contribution in [0.2, 0.25) is 0 Å². The Labute approximate surface area is 223 Å². The number of carbonyl (C=O) groups is 3. The van der Waals surface area contributed by atoms with Crippen molar-refractivity contribution in [3.05, 3.63) is 72.3 Å². The molecule has 2 saturated heterocycles. The molecule has 8 nitrogen and oxygen atoms in total. The summed E-state index contributed by atoms with van der Waals surface area (Å²) in [4.78, 5) is 43.1. The summed E-state index contributed by atoms with van der Waals surface area (Å²) >= 11 is 0. The molecule has 2 aromatic rings. The van der Waals surface area contributed by atoms with E-state index in [0.717, 1.165) is 11.3 Å². The molecule has 8 heteroatoms. The number of rotatable bonds is 7. The number of nitrogens with one attached hydrogen (secondary N) is 2. The van der Waals surface area contributed by atoms with Gasteiger partial charge in [0.1, 0.15) is 17.4 Å². The Balaban J connectivity index is 1.48. The van der Waals surface area contributed by atoms with Gasteiger partial charge in [0.25, 0.3) is 0 Å². The maximum Gasteiger partial charge on any atom is 0.246 e. The van der Waals surface area contributed by atoms with Crippen LogP contribution in [0, 0.1) is 11.8 Å². The average molecular weight is 518 g/mol. The van der Waals surface area contributed by atoms with Gasteiger partial charge in [-0.25, -0.2) is 0 Å². The number of benzene rings is 2. The molecule has 3 heterocycles. The number of carbonyl (C=O) groups excluding carboxylic acids is 3. The minimum atomic E-state index is -1.22. The number of amides is 3. The van der Waals surface area contributed by atoms with Gasteiger partial charge in [0.05, 0.1) is 24.5 Å². The number of hydrogen-bond acceptors (Lipinski definition) is 5. The molecule has 5 rings (SSSR count). The monoisotopic (exact) mass is 517 g/mol. The third kappa shape index (κ3) is 4.36. The first kappa shape index (κ1) is 26.0. The summed E-state index contributed by atoms with van der Waals surface area (Å²) in [5.41, 5.74) is -1.08. The molecular weight excluding hydrogens is 482 g/mol. The van der Waals surface area contributed by atoms with Crippen LogP contribution < -0.4 is 15.4 Å². The van der Waals surface area contributed by atoms with Crippen LogP contribution >= 0.6 is 0 Å². The number of anilines is 1. The Bertz CT molecular complexity index is 1270. The quantitative estimate of drug-likeness (QED) is 0.550. The third-order valence-corrected chi connectivity index (χ3v) is 7.67. The number of ether oxygens (including phenoxy) is 2. The highest BCUT2D eigenvalue weighted by Gasteiger charge is 2.76. The molecule has 0 unspecified atom stereocenters. The lowest BCUT2D eigenvalue weighted by molar-refractivity contribution is -0.144. The molecule has 3 amide bonds. The number of methoxy groups -OCH3 is 1. The van der Waals surface area contributed by atoms with E-state index >= 15 is 0 Å². The van der Waals surface area contributed by atoms with Gasteiger partial charge in [0, 0.05) is 17.8 Å². The Hall–Kier alpha value is -3.65. The molecule has 0 aromatic heterocycles. The molecule has 0 saturated carbocycles. The SMILES string of the molecule is COc1ccc(CCN2C(=O)[C@@H]3[C@H](C(=O)Nc4ccccc4)[C@]4(C)C=C[C@]3(O4)[C@H]2C(=O)NC(C)(C)C)cc1. The van der Waals surface area contributed by atoms with Crippen molar-refractivity contribution in [3.8, 4) is 5.75 Å². The largest absolute Gasteiger partial charge is 0.497 e. The zero-order chi connectivity index (χ0) is 27.3. The van der Waals surface area contributed by atoms with Crippen LogP contribution in [0.25, 0.3) is 0 Å². The zero-order valence-electron chi connectivity index (χ0n) is 22.5. The number of likely N-dealkylation sites (tertiary alicyclic amines) is 1. The van der Waals surface area contributed by atoms with Crippen molar-refractivity contribution in [1.82, 2.24) is 10.2 Å². The van der Waals surface area contributed by atoms with Gasteiger partial charge < -0.3 is 25.0 Å². The van der Waals surface area contributed by atoms with Crippen LogP contribution in [0.15, 0.2) is 66.7 Å². The molecule has 200 valence electrons. The number of para-hydroxylation sites is 1. The molecular formula is C30H35N3O5. The van der Waals surface area contributed by atoms with Gasteiger partial charge in [-0.3, -0.25) is 14.4 Å². The van der Waals surface area contributed by atoms with E-state index in [-0.39, 0.29) is 17.7 Å². The van der Waals surface area contributed by atoms with E-state index in [1.54, 1.807) is 24.1 Å². The van der Waals surface area contributed by atoms with Crippen LogP contribution in [-0.2, 0) is 25.5 Å². The van der Waals surface area contributed by atoms with Crippen molar-refractivity contribution in [2.24, 2.45) is 11.8 Å². The Morgan fingerprint density at radius 1 is 1.03 bits per heavy atom. The van der Waals surface area contributed by atoms with E-state index in [1.807, 2.05) is 82.3 Å². The van der Waals surface area contributed by atoms with Gasteiger partial charge in [-0.15, -0.1) is 0 Å². The van der Waals surface area contributed by atoms with E-state index in [1.165, 1.54) is 0 Å². The van der Waals surface area contributed by atoms with Crippen molar-refractivity contribution in [2.45, 2.75) is 56.9 Å². The van der Waals surface area contributed by atoms with Crippen LogP contribution in [0.1, 0.15) is 33.3 Å². The van der Waals surface area contributed by atoms with E-state index in [4.69, 9.17) is 9.47 Å². The molecule has 3 aliphatic heterocycles. The fourth-order valence-corrected chi connectivity index (χ4v) is 6.09. The number of nitrogens with zero attached hydrogens (tertiary/aromatic N) is 1. The summed E-state index contributed by atoms with van der Waals surface area (Å²) in [6, 6.07) is 15.9. The second-order valence-corrected chi connectivity index (χ2v) is 11.6. The van der Waals surface area contributed by atoms with Gasteiger partial charge in [0.15, 0.2) is 0 Å². The first-order valence-corrected chi connectivity index (χ1v) is 13.0. The van der Waals surface area contributed by atoms with E-state index in [9.17, 15) is 14.4 Å². The van der Waals surface area contributed by atoms with Crippen molar-refractivity contribution in [1.29, 1.82) is 0 Å². The zero-order valence-corrected chi connectivity index (χ0v) is 22.5. The predicted octanol–water partition coefficient (Wildman–Crippen LogP) is 3.33. The van der Waals surface area contributed by atoms with Crippen LogP contribution in [0.5, 0.6) is 5.75 Å². The molecule has 2 bridgehead atoms. The van der Waals surface area contributed by atoms with Gasteiger partial charge in [-0.1, -0.05) is 42.5 Å². The molecule has 0 aliphatic carbocycles. The lowest BCUT2D eigenvalue weighted by Crippen LogP contribution is -2.58. The van der Waals surface area contributed by atoms with Crippen molar-refractivity contribution >= 4 is 23.4 Å². The summed E-state index contributed by atoms with van der Waals surface area (Å²) in [7, 11) is 1.61. The minimum Gasteiger partial charge on any atom is -0.497 e. The van der Waals surface area contributed by atoms with Crippen molar-refractivity contribution in [2.75, 3.05) is 19.0 Å². The fourth-order valence-electron chi connectivity index (χ4n) is 6.09. The standard InChI is InChI=1S/C30H35N3O5/c1-28(2,3)32-26(35)24-30-17-16-29(4,38-30)22(25(34)31-20-9-7-6-8-10-20)23(30)27(36)33(24)18-15-19-11-13-21(37-5)14-12-19/h6-14,16-17,22-24H,15,18H2,1-5H3,(H,31,34)(H,32,35)/t22-,23+,24-,29+,30-/m1/s1. The molecule has 0 radical (unpaired) electrons. The Kier molecular flexibility index (Phi) is 6.34. The first-order valence-electron chi connectivity index (χ1n) is 13.0. The van der Waals surface area contributed by atoms with Crippen molar-refractivity contribution in [3.63, 3.8) is 0 Å². The third-order valence-electron chi connectivity index (χ3n) is 7.67. The first-order chi connectivity index (χ1) is 18.0. The van der Waals surface area contributed by atoms with E-state index in [2.05, 4.69) is 10.6 Å². The highest BCUT2D eigenvalue weighted by molar-refractivity contribution is 6.03. The Morgan fingerprint density at radius 2 is 1.71 bits per heavy atom. The lowest BCUT2D eigenvalue weighted by Gasteiger charge is -2.35. The normalized spacial score (nSPS) is 29.3. The van der Waals surface area contributed by atoms with Gasteiger partial charge in [-0.2, -0.15) is 0 Å². The number of hydrogen-bond donors (Lipinski definition) is 2. The van der Waals surface area contributed by atoms with Crippen LogP contribution in [-0.4, -0.2) is 59.1 Å². The predicted molar refractivity (Wildman–Crippen MR) is 144 cm³/mol. The van der Waals surface area contributed by atoms with Gasteiger partial charge >= 0.3 is 0 Å². The van der Waals surface area contributed by atoms with Gasteiger partial charge in [0.2, 0.25) is 17.7 Å². The number of fused-ring (bicyclic) bond motifs is 1. The topological polar surface area (TPSA) is 97.0 Å². The lowest BCUT2D eigenvalue weighted by atomic mass is 9.70. The molecule has 38 heavy (non-hydrogen) atoms. The summed E-state index contributed by atoms with van der Waals surface area (Å²) in [5.74, 6) is -1.67. The summed E-state index contributed by atoms with van der Waals surface area (Å²) in [6.07, 6.45) is 4.22. The highest BCUT2D eigenvalue weighted by Crippen LogP contribution is 2.59. The summed E-state index contributed by atoms with van der Waals surface area (Å²) < 4.78 is 11.8. The maximum absolute atomic E-state index is 14.1. The fraction of sp³-hybridized carbons (Fsp3) is 0.433. The molecule has 5 atom stereocenters. The second kappa shape index (κ2) is 9.27. The Morgan fingerprint density at radius 3 is 2.34 bits per heavy atom. The molecule has 2 aromatic carbocycles. The van der Waals surface area contributed by atoms with E-state index in [0.29, 0.717) is 18.7 Å². The van der Waals surface area contributed by atoms with E-state index < -0.39 is 34.6 Å². The minimum absolute atomic E-state index is 0.242. The molecule has 3 aliphatic rings. The molecule has 2 fully saturated rings. The summed E-state index contributed by atoms with van der Waals surface area (Å²) in [6.45, 7) is 7.84. The highest BCUT2D eigenvalue weighted by atomic mass is 16.5.